The highest BCUT2D eigenvalue weighted by Crippen LogP contribution is 2.37. The van der Waals surface area contributed by atoms with E-state index in [9.17, 15) is 0 Å². The van der Waals surface area contributed by atoms with Crippen LogP contribution in [0, 0.1) is 0 Å². The first kappa shape index (κ1) is 12.1. The van der Waals surface area contributed by atoms with Gasteiger partial charge < -0.3 is 5.73 Å². The molecule has 0 aliphatic heterocycles. The fourth-order valence-electron chi connectivity index (χ4n) is 2.14. The lowest BCUT2D eigenvalue weighted by molar-refractivity contribution is 0.587. The van der Waals surface area contributed by atoms with Crippen LogP contribution >= 0.6 is 11.3 Å². The van der Waals surface area contributed by atoms with Crippen LogP contribution in [0.2, 0.25) is 0 Å². The summed E-state index contributed by atoms with van der Waals surface area (Å²) in [4.78, 5) is 4.72. The van der Waals surface area contributed by atoms with Crippen molar-refractivity contribution in [1.82, 2.24) is 4.98 Å². The normalized spacial score (nSPS) is 18.2. The molecule has 2 aromatic rings. The van der Waals surface area contributed by atoms with Crippen LogP contribution in [-0.2, 0) is 11.8 Å². The SMILES string of the molecule is CC(C)(C)c1nc2ccc(CC3(N)CC3)cc2s1. The van der Waals surface area contributed by atoms with Gasteiger partial charge in [0.1, 0.15) is 0 Å². The molecule has 0 unspecified atom stereocenters. The first-order chi connectivity index (χ1) is 8.36. The largest absolute Gasteiger partial charge is 0.325 e. The van der Waals surface area contributed by atoms with Gasteiger partial charge in [-0.15, -0.1) is 11.3 Å². The molecule has 1 aromatic heterocycles. The fourth-order valence-corrected chi connectivity index (χ4v) is 3.23. The molecule has 0 atom stereocenters. The Kier molecular flexibility index (Phi) is 2.55. The summed E-state index contributed by atoms with van der Waals surface area (Å²) in [6, 6.07) is 6.60. The second-order valence-electron chi connectivity index (χ2n) is 6.61. The third kappa shape index (κ3) is 2.29. The van der Waals surface area contributed by atoms with Crippen LogP contribution in [0.3, 0.4) is 0 Å². The predicted octanol–water partition coefficient (Wildman–Crippen LogP) is 3.63. The van der Waals surface area contributed by atoms with Crippen LogP contribution in [0.1, 0.15) is 44.2 Å². The molecule has 0 saturated heterocycles. The third-order valence-corrected chi connectivity index (χ3v) is 4.99. The molecule has 2 nitrogen and oxygen atoms in total. The van der Waals surface area contributed by atoms with Crippen molar-refractivity contribution in [2.45, 2.75) is 51.0 Å². The van der Waals surface area contributed by atoms with Crippen molar-refractivity contribution in [3.05, 3.63) is 28.8 Å². The number of fused-ring (bicyclic) bond motifs is 1. The van der Waals surface area contributed by atoms with E-state index in [0.29, 0.717) is 0 Å². The molecule has 3 heteroatoms. The quantitative estimate of drug-likeness (QED) is 0.895. The molecule has 1 heterocycles. The Hall–Kier alpha value is -0.930. The zero-order valence-electron chi connectivity index (χ0n) is 11.3. The van der Waals surface area contributed by atoms with Crippen molar-refractivity contribution in [2.24, 2.45) is 5.73 Å². The van der Waals surface area contributed by atoms with Gasteiger partial charge in [-0.3, -0.25) is 0 Å². The lowest BCUT2D eigenvalue weighted by Gasteiger charge is -2.13. The molecule has 1 aliphatic rings. The van der Waals surface area contributed by atoms with Crippen LogP contribution in [0.25, 0.3) is 10.2 Å². The lowest BCUT2D eigenvalue weighted by Crippen LogP contribution is -2.24. The Morgan fingerprint density at radius 1 is 1.33 bits per heavy atom. The summed E-state index contributed by atoms with van der Waals surface area (Å²) in [6.45, 7) is 6.64. The second kappa shape index (κ2) is 3.78. The molecule has 1 fully saturated rings. The highest BCUT2D eigenvalue weighted by Gasteiger charge is 2.37. The number of hydrogen-bond acceptors (Lipinski definition) is 3. The summed E-state index contributed by atoms with van der Waals surface area (Å²) in [7, 11) is 0. The number of thiazole rings is 1. The van der Waals surface area contributed by atoms with E-state index in [1.165, 1.54) is 28.1 Å². The number of benzene rings is 1. The maximum Gasteiger partial charge on any atom is 0.0992 e. The number of nitrogens with zero attached hydrogens (tertiary/aromatic N) is 1. The second-order valence-corrected chi connectivity index (χ2v) is 7.64. The van der Waals surface area contributed by atoms with Gasteiger partial charge in [0.25, 0.3) is 0 Å². The molecule has 96 valence electrons. The van der Waals surface area contributed by atoms with Gasteiger partial charge in [-0.1, -0.05) is 26.8 Å². The third-order valence-electron chi connectivity index (χ3n) is 3.54. The molecular weight excluding hydrogens is 240 g/mol. The van der Waals surface area contributed by atoms with E-state index in [0.717, 1.165) is 11.9 Å². The Morgan fingerprint density at radius 2 is 2.06 bits per heavy atom. The minimum atomic E-state index is 0.0885. The summed E-state index contributed by atoms with van der Waals surface area (Å²) >= 11 is 1.81. The summed E-state index contributed by atoms with van der Waals surface area (Å²) < 4.78 is 1.29. The number of rotatable bonds is 2. The van der Waals surface area contributed by atoms with Gasteiger partial charge in [-0.25, -0.2) is 4.98 Å². The van der Waals surface area contributed by atoms with E-state index >= 15 is 0 Å². The smallest absolute Gasteiger partial charge is 0.0992 e. The van der Waals surface area contributed by atoms with Crippen LogP contribution < -0.4 is 5.73 Å². The Balaban J connectivity index is 1.96. The molecule has 0 radical (unpaired) electrons. The summed E-state index contributed by atoms with van der Waals surface area (Å²) in [5.74, 6) is 0. The predicted molar refractivity (Wildman–Crippen MR) is 78.2 cm³/mol. The van der Waals surface area contributed by atoms with Crippen LogP contribution in [0.5, 0.6) is 0 Å². The van der Waals surface area contributed by atoms with E-state index in [2.05, 4.69) is 39.0 Å². The average molecular weight is 260 g/mol. The molecule has 1 saturated carbocycles. The molecule has 1 aromatic carbocycles. The molecule has 3 rings (SSSR count). The van der Waals surface area contributed by atoms with Gasteiger partial charge in [-0.2, -0.15) is 0 Å². The van der Waals surface area contributed by atoms with Crippen molar-refractivity contribution >= 4 is 21.6 Å². The van der Waals surface area contributed by atoms with Crippen molar-refractivity contribution in [3.8, 4) is 0 Å². The highest BCUT2D eigenvalue weighted by molar-refractivity contribution is 7.18. The van der Waals surface area contributed by atoms with Crippen LogP contribution in [-0.4, -0.2) is 10.5 Å². The van der Waals surface area contributed by atoms with E-state index in [1.807, 2.05) is 11.3 Å². The Bertz CT molecular complexity index is 588. The van der Waals surface area contributed by atoms with Crippen LogP contribution in [0.15, 0.2) is 18.2 Å². The van der Waals surface area contributed by atoms with Crippen molar-refractivity contribution in [1.29, 1.82) is 0 Å². The van der Waals surface area contributed by atoms with Gasteiger partial charge in [0.15, 0.2) is 0 Å². The summed E-state index contributed by atoms with van der Waals surface area (Å²) in [5.41, 5.74) is 8.88. The van der Waals surface area contributed by atoms with Crippen molar-refractivity contribution in [3.63, 3.8) is 0 Å². The molecule has 18 heavy (non-hydrogen) atoms. The van der Waals surface area contributed by atoms with Gasteiger partial charge in [0.05, 0.1) is 15.2 Å². The van der Waals surface area contributed by atoms with E-state index in [1.54, 1.807) is 0 Å². The standard InChI is InChI=1S/C15H20N2S/c1-14(2,3)13-17-11-5-4-10(8-12(11)18-13)9-15(16)6-7-15/h4-5,8H,6-7,9,16H2,1-3H3. The van der Waals surface area contributed by atoms with E-state index < -0.39 is 0 Å². The van der Waals surface area contributed by atoms with Gasteiger partial charge in [0.2, 0.25) is 0 Å². The van der Waals surface area contributed by atoms with Crippen molar-refractivity contribution in [2.75, 3.05) is 0 Å². The van der Waals surface area contributed by atoms with E-state index in [4.69, 9.17) is 10.7 Å². The Labute approximate surface area is 112 Å². The molecule has 0 bridgehead atoms. The molecule has 2 N–H and O–H groups in total. The average Bonchev–Trinajstić information content (AvgIpc) is 2.83. The maximum absolute atomic E-state index is 6.18. The first-order valence-electron chi connectivity index (χ1n) is 6.55. The number of aromatic nitrogens is 1. The summed E-state index contributed by atoms with van der Waals surface area (Å²) in [5, 5.41) is 1.21. The van der Waals surface area contributed by atoms with Gasteiger partial charge in [0, 0.05) is 11.0 Å². The monoisotopic (exact) mass is 260 g/mol. The minimum Gasteiger partial charge on any atom is -0.325 e. The molecule has 0 spiro atoms. The van der Waals surface area contributed by atoms with Crippen LogP contribution in [0.4, 0.5) is 0 Å². The van der Waals surface area contributed by atoms with Crippen molar-refractivity contribution < 1.29 is 0 Å². The minimum absolute atomic E-state index is 0.0885. The highest BCUT2D eigenvalue weighted by atomic mass is 32.1. The molecule has 0 amide bonds. The topological polar surface area (TPSA) is 38.9 Å². The lowest BCUT2D eigenvalue weighted by atomic mass is 9.98. The number of hydrogen-bond donors (Lipinski definition) is 1. The van der Waals surface area contributed by atoms with Gasteiger partial charge >= 0.3 is 0 Å². The summed E-state index contributed by atoms with van der Waals surface area (Å²) in [6.07, 6.45) is 3.34. The van der Waals surface area contributed by atoms with Gasteiger partial charge in [-0.05, 0) is 37.0 Å². The van der Waals surface area contributed by atoms with E-state index in [-0.39, 0.29) is 11.0 Å². The zero-order chi connectivity index (χ0) is 13.0. The number of nitrogens with two attached hydrogens (primary N) is 1. The molecular formula is C15H20N2S. The zero-order valence-corrected chi connectivity index (χ0v) is 12.1. The maximum atomic E-state index is 6.18. The molecule has 1 aliphatic carbocycles. The first-order valence-corrected chi connectivity index (χ1v) is 7.36. The Morgan fingerprint density at radius 3 is 2.67 bits per heavy atom. The fraction of sp³-hybridized carbons (Fsp3) is 0.533.